The first-order valence-electron chi connectivity index (χ1n) is 12.9. The van der Waals surface area contributed by atoms with Gasteiger partial charge in [0.1, 0.15) is 12.1 Å². The normalized spacial score (nSPS) is 11.9. The van der Waals surface area contributed by atoms with Gasteiger partial charge < -0.3 is 20.6 Å². The molecule has 8 nitrogen and oxygen atoms in total. The van der Waals surface area contributed by atoms with E-state index in [1.807, 2.05) is 49.4 Å². The minimum Gasteiger partial charge on any atom is -0.497 e. The molecule has 40 heavy (non-hydrogen) atoms. The SMILES string of the molecule is COc1ccc2c(=O)n(-c3cccc(-c4ccc(C(N)=O)c5[nH]c6cc(C(C)(C)O)ccc6c45)c3C)cnc2c1. The highest BCUT2D eigenvalue weighted by atomic mass is 16.5. The maximum Gasteiger partial charge on any atom is 0.265 e. The number of aromatic amines is 1. The summed E-state index contributed by atoms with van der Waals surface area (Å²) in [7, 11) is 1.57. The van der Waals surface area contributed by atoms with E-state index in [1.54, 1.807) is 49.8 Å². The van der Waals surface area contributed by atoms with Crippen molar-refractivity contribution in [2.75, 3.05) is 7.11 Å². The summed E-state index contributed by atoms with van der Waals surface area (Å²) in [5.74, 6) is 0.0915. The van der Waals surface area contributed by atoms with Crippen LogP contribution >= 0.6 is 0 Å². The summed E-state index contributed by atoms with van der Waals surface area (Å²) in [6, 6.07) is 20.3. The number of methoxy groups -OCH3 is 1. The summed E-state index contributed by atoms with van der Waals surface area (Å²) in [4.78, 5) is 33.8. The number of H-pyrrole nitrogens is 1. The molecular weight excluding hydrogens is 504 g/mol. The molecule has 0 aliphatic heterocycles. The van der Waals surface area contributed by atoms with E-state index >= 15 is 0 Å². The van der Waals surface area contributed by atoms with Crippen LogP contribution in [0.5, 0.6) is 5.75 Å². The Labute approximate surface area is 229 Å². The molecule has 0 atom stereocenters. The first-order valence-corrected chi connectivity index (χ1v) is 12.9. The van der Waals surface area contributed by atoms with Gasteiger partial charge in [0.15, 0.2) is 0 Å². The fourth-order valence-corrected chi connectivity index (χ4v) is 5.40. The van der Waals surface area contributed by atoms with Crippen molar-refractivity contribution in [1.82, 2.24) is 14.5 Å². The Hall–Kier alpha value is -4.95. The average molecular weight is 533 g/mol. The smallest absolute Gasteiger partial charge is 0.265 e. The molecule has 8 heteroatoms. The van der Waals surface area contributed by atoms with Crippen LogP contribution in [0.15, 0.2) is 77.9 Å². The molecule has 1 amide bonds. The number of fused-ring (bicyclic) bond motifs is 4. The molecule has 0 radical (unpaired) electrons. The van der Waals surface area contributed by atoms with E-state index in [4.69, 9.17) is 10.5 Å². The number of rotatable bonds is 5. The van der Waals surface area contributed by atoms with Crippen LogP contribution in [0, 0.1) is 6.92 Å². The Morgan fingerprint density at radius 3 is 2.52 bits per heavy atom. The number of aromatic nitrogens is 3. The molecule has 0 aliphatic rings. The largest absolute Gasteiger partial charge is 0.497 e. The average Bonchev–Trinajstić information content (AvgIpc) is 3.31. The lowest BCUT2D eigenvalue weighted by Crippen LogP contribution is -2.19. The van der Waals surface area contributed by atoms with Crippen LogP contribution in [-0.4, -0.2) is 32.7 Å². The van der Waals surface area contributed by atoms with Crippen molar-refractivity contribution in [3.05, 3.63) is 100 Å². The van der Waals surface area contributed by atoms with E-state index < -0.39 is 11.5 Å². The zero-order valence-corrected chi connectivity index (χ0v) is 22.6. The topological polar surface area (TPSA) is 123 Å². The van der Waals surface area contributed by atoms with Crippen LogP contribution in [0.1, 0.15) is 35.3 Å². The lowest BCUT2D eigenvalue weighted by Gasteiger charge is -2.17. The van der Waals surface area contributed by atoms with Crippen molar-refractivity contribution >= 4 is 38.6 Å². The van der Waals surface area contributed by atoms with Gasteiger partial charge in [-0.25, -0.2) is 4.98 Å². The van der Waals surface area contributed by atoms with Crippen LogP contribution in [0.2, 0.25) is 0 Å². The monoisotopic (exact) mass is 532 g/mol. The summed E-state index contributed by atoms with van der Waals surface area (Å²) in [6.07, 6.45) is 1.53. The van der Waals surface area contributed by atoms with Crippen molar-refractivity contribution in [1.29, 1.82) is 0 Å². The Morgan fingerprint density at radius 1 is 1.02 bits per heavy atom. The molecular formula is C32H28N4O4. The van der Waals surface area contributed by atoms with Gasteiger partial charge in [-0.3, -0.25) is 14.2 Å². The van der Waals surface area contributed by atoms with E-state index in [1.165, 1.54) is 6.33 Å². The number of amides is 1. The van der Waals surface area contributed by atoms with Crippen LogP contribution in [0.4, 0.5) is 0 Å². The van der Waals surface area contributed by atoms with Gasteiger partial charge in [-0.15, -0.1) is 0 Å². The highest BCUT2D eigenvalue weighted by Gasteiger charge is 2.21. The van der Waals surface area contributed by atoms with Gasteiger partial charge in [0.25, 0.3) is 11.5 Å². The second-order valence-electron chi connectivity index (χ2n) is 10.5. The maximum absolute atomic E-state index is 13.5. The molecule has 0 unspecified atom stereocenters. The third-order valence-corrected chi connectivity index (χ3v) is 7.55. The Bertz CT molecular complexity index is 2050. The van der Waals surface area contributed by atoms with Crippen molar-refractivity contribution in [3.8, 4) is 22.6 Å². The van der Waals surface area contributed by atoms with Gasteiger partial charge in [0.05, 0.1) is 40.4 Å². The summed E-state index contributed by atoms with van der Waals surface area (Å²) < 4.78 is 6.82. The van der Waals surface area contributed by atoms with Gasteiger partial charge in [-0.2, -0.15) is 0 Å². The number of ether oxygens (including phenoxy) is 1. The third kappa shape index (κ3) is 3.92. The second-order valence-corrected chi connectivity index (χ2v) is 10.5. The van der Waals surface area contributed by atoms with Gasteiger partial charge in [0, 0.05) is 22.4 Å². The zero-order chi connectivity index (χ0) is 28.3. The Kier molecular flexibility index (Phi) is 5.74. The number of carbonyl (C=O) groups is 1. The molecule has 0 saturated heterocycles. The van der Waals surface area contributed by atoms with E-state index in [0.717, 1.165) is 38.5 Å². The van der Waals surface area contributed by atoms with Crippen LogP contribution in [0.25, 0.3) is 49.5 Å². The molecule has 6 rings (SSSR count). The first-order chi connectivity index (χ1) is 19.1. The maximum atomic E-state index is 13.5. The van der Waals surface area contributed by atoms with E-state index in [0.29, 0.717) is 33.4 Å². The summed E-state index contributed by atoms with van der Waals surface area (Å²) >= 11 is 0. The summed E-state index contributed by atoms with van der Waals surface area (Å²) in [5, 5.41) is 12.8. The van der Waals surface area contributed by atoms with Gasteiger partial charge in [-0.1, -0.05) is 30.3 Å². The van der Waals surface area contributed by atoms with E-state index in [-0.39, 0.29) is 5.56 Å². The number of nitrogens with zero attached hydrogens (tertiary/aromatic N) is 2. The number of hydrogen-bond donors (Lipinski definition) is 3. The standard InChI is InChI=1S/C32H28N4O4/c1-17-20(6-5-7-27(17)36-16-34-25-15-19(40-4)9-11-23(25)31(36)38)21-12-13-24(30(33)37)29-28(21)22-10-8-18(32(2,3)39)14-26(22)35-29/h5-16,35,39H,1-4H3,(H2,33,37). The quantitative estimate of drug-likeness (QED) is 0.277. The molecule has 0 bridgehead atoms. The predicted octanol–water partition coefficient (Wildman–Crippen LogP) is 5.33. The number of nitrogens with one attached hydrogen (secondary N) is 1. The molecule has 0 fully saturated rings. The molecule has 2 heterocycles. The Balaban J connectivity index is 1.60. The van der Waals surface area contributed by atoms with Crippen molar-refractivity contribution < 1.29 is 14.6 Å². The number of aliphatic hydroxyl groups is 1. The molecule has 6 aromatic rings. The van der Waals surface area contributed by atoms with Crippen LogP contribution in [-0.2, 0) is 5.60 Å². The lowest BCUT2D eigenvalue weighted by molar-refractivity contribution is 0.0787. The number of benzene rings is 4. The fraction of sp³-hybridized carbons (Fsp3) is 0.156. The summed E-state index contributed by atoms with van der Waals surface area (Å²) in [6.45, 7) is 5.42. The zero-order valence-electron chi connectivity index (χ0n) is 22.6. The second kappa shape index (κ2) is 9.07. The van der Waals surface area contributed by atoms with Gasteiger partial charge >= 0.3 is 0 Å². The molecule has 0 aliphatic carbocycles. The molecule has 2 aromatic heterocycles. The number of primary amides is 1. The molecule has 0 spiro atoms. The molecule has 0 saturated carbocycles. The predicted molar refractivity (Wildman–Crippen MR) is 157 cm³/mol. The minimum absolute atomic E-state index is 0.187. The van der Waals surface area contributed by atoms with Gasteiger partial charge in [-0.05, 0) is 73.4 Å². The van der Waals surface area contributed by atoms with Crippen LogP contribution in [0.3, 0.4) is 0 Å². The van der Waals surface area contributed by atoms with Gasteiger partial charge in [0.2, 0.25) is 0 Å². The molecule has 200 valence electrons. The van der Waals surface area contributed by atoms with Crippen molar-refractivity contribution in [3.63, 3.8) is 0 Å². The third-order valence-electron chi connectivity index (χ3n) is 7.55. The number of carbonyl (C=O) groups excluding carboxylic acids is 1. The molecule has 4 N–H and O–H groups in total. The Morgan fingerprint density at radius 2 is 1.80 bits per heavy atom. The highest BCUT2D eigenvalue weighted by molar-refractivity contribution is 6.20. The van der Waals surface area contributed by atoms with E-state index in [2.05, 4.69) is 9.97 Å². The fourth-order valence-electron chi connectivity index (χ4n) is 5.40. The highest BCUT2D eigenvalue weighted by Crippen LogP contribution is 2.39. The number of hydrogen-bond acceptors (Lipinski definition) is 5. The minimum atomic E-state index is -1.03. The molecule has 4 aromatic carbocycles. The van der Waals surface area contributed by atoms with Crippen LogP contribution < -0.4 is 16.0 Å². The van der Waals surface area contributed by atoms with Crippen molar-refractivity contribution in [2.24, 2.45) is 5.73 Å². The van der Waals surface area contributed by atoms with Crippen molar-refractivity contribution in [2.45, 2.75) is 26.4 Å². The lowest BCUT2D eigenvalue weighted by atomic mass is 9.92. The summed E-state index contributed by atoms with van der Waals surface area (Å²) in [5.41, 5.74) is 11.0. The number of nitrogens with two attached hydrogens (primary N) is 1. The first kappa shape index (κ1) is 25.3. The van der Waals surface area contributed by atoms with E-state index in [9.17, 15) is 14.7 Å².